The first-order chi connectivity index (χ1) is 9.95. The summed E-state index contributed by atoms with van der Waals surface area (Å²) in [5.41, 5.74) is 0. The van der Waals surface area contributed by atoms with E-state index in [9.17, 15) is 18.0 Å². The normalized spacial score (nSPS) is 22.8. The van der Waals surface area contributed by atoms with Crippen LogP contribution in [0.25, 0.3) is 0 Å². The van der Waals surface area contributed by atoms with Gasteiger partial charge in [0, 0.05) is 17.5 Å². The van der Waals surface area contributed by atoms with E-state index in [-0.39, 0.29) is 24.9 Å². The number of urea groups is 1. The van der Waals surface area contributed by atoms with Gasteiger partial charge in [-0.1, -0.05) is 6.07 Å². The number of thiophene rings is 1. The highest BCUT2D eigenvalue weighted by Gasteiger charge is 2.41. The summed E-state index contributed by atoms with van der Waals surface area (Å²) >= 11 is 1.63. The number of hydrogen-bond acceptors (Lipinski definition) is 2. The van der Waals surface area contributed by atoms with Crippen molar-refractivity contribution >= 4 is 17.4 Å². The predicted octanol–water partition coefficient (Wildman–Crippen LogP) is 3.71. The van der Waals surface area contributed by atoms with Crippen LogP contribution in [0.5, 0.6) is 0 Å². The smallest absolute Gasteiger partial charge is 0.338 e. The van der Waals surface area contributed by atoms with Crippen molar-refractivity contribution in [3.63, 3.8) is 0 Å². The molecular weight excluding hydrogens is 301 g/mol. The van der Waals surface area contributed by atoms with Crippen LogP contribution in [0.15, 0.2) is 17.5 Å². The first-order valence-electron chi connectivity index (χ1n) is 7.08. The third-order valence-corrected chi connectivity index (χ3v) is 4.70. The van der Waals surface area contributed by atoms with Crippen LogP contribution in [0, 0.1) is 5.92 Å². The fraction of sp³-hybridized carbons (Fsp3) is 0.643. The fourth-order valence-corrected chi connectivity index (χ4v) is 3.26. The van der Waals surface area contributed by atoms with E-state index < -0.39 is 12.1 Å². The molecule has 1 aliphatic rings. The molecule has 1 aliphatic carbocycles. The summed E-state index contributed by atoms with van der Waals surface area (Å²) in [6, 6.07) is 3.52. The van der Waals surface area contributed by atoms with Gasteiger partial charge in [0.2, 0.25) is 0 Å². The Labute approximate surface area is 125 Å². The molecule has 118 valence electrons. The Kier molecular flexibility index (Phi) is 5.50. The van der Waals surface area contributed by atoms with Gasteiger partial charge < -0.3 is 10.6 Å². The summed E-state index contributed by atoms with van der Waals surface area (Å²) in [4.78, 5) is 12.9. The summed E-state index contributed by atoms with van der Waals surface area (Å²) in [6.07, 6.45) is -2.35. The highest BCUT2D eigenvalue weighted by atomic mass is 32.1. The predicted molar refractivity (Wildman–Crippen MR) is 76.4 cm³/mol. The Morgan fingerprint density at radius 2 is 2.00 bits per heavy atom. The van der Waals surface area contributed by atoms with Gasteiger partial charge in [-0.3, -0.25) is 0 Å². The SMILES string of the molecule is O=C(NCCc1cccs1)NC1CCC(C(F)(F)F)CC1. The summed E-state index contributed by atoms with van der Waals surface area (Å²) in [7, 11) is 0. The van der Waals surface area contributed by atoms with Crippen molar-refractivity contribution in [3.8, 4) is 0 Å². The number of nitrogens with one attached hydrogen (secondary N) is 2. The summed E-state index contributed by atoms with van der Waals surface area (Å²) in [5.74, 6) is -1.21. The molecule has 2 rings (SSSR count). The van der Waals surface area contributed by atoms with Gasteiger partial charge in [-0.15, -0.1) is 11.3 Å². The topological polar surface area (TPSA) is 41.1 Å². The number of alkyl halides is 3. The van der Waals surface area contributed by atoms with Gasteiger partial charge in [0.25, 0.3) is 0 Å². The maximum atomic E-state index is 12.5. The molecule has 0 aromatic carbocycles. The molecule has 0 atom stereocenters. The molecule has 0 bridgehead atoms. The molecular formula is C14H19F3N2OS. The molecule has 3 nitrogen and oxygen atoms in total. The fourth-order valence-electron chi connectivity index (χ4n) is 2.56. The van der Waals surface area contributed by atoms with Crippen LogP contribution < -0.4 is 10.6 Å². The first-order valence-corrected chi connectivity index (χ1v) is 7.96. The number of carbonyl (C=O) groups is 1. The number of halogens is 3. The zero-order valence-electron chi connectivity index (χ0n) is 11.6. The van der Waals surface area contributed by atoms with Gasteiger partial charge in [0.15, 0.2) is 0 Å². The highest BCUT2D eigenvalue weighted by Crippen LogP contribution is 2.37. The van der Waals surface area contributed by atoms with Crippen molar-refractivity contribution in [1.82, 2.24) is 10.6 Å². The molecule has 21 heavy (non-hydrogen) atoms. The van der Waals surface area contributed by atoms with Crippen molar-refractivity contribution in [2.75, 3.05) is 6.54 Å². The maximum absolute atomic E-state index is 12.5. The van der Waals surface area contributed by atoms with E-state index in [1.165, 1.54) is 4.88 Å². The Bertz CT molecular complexity index is 440. The molecule has 0 spiro atoms. The second kappa shape index (κ2) is 7.15. The second-order valence-corrected chi connectivity index (χ2v) is 6.35. The Balaban J connectivity index is 1.63. The van der Waals surface area contributed by atoms with E-state index in [1.807, 2.05) is 17.5 Å². The molecule has 1 aromatic heterocycles. The summed E-state index contributed by atoms with van der Waals surface area (Å²) in [5, 5.41) is 7.48. The quantitative estimate of drug-likeness (QED) is 0.872. The summed E-state index contributed by atoms with van der Waals surface area (Å²) < 4.78 is 37.6. The van der Waals surface area contributed by atoms with Crippen LogP contribution in [0.3, 0.4) is 0 Å². The van der Waals surface area contributed by atoms with Gasteiger partial charge in [0.05, 0.1) is 5.92 Å². The van der Waals surface area contributed by atoms with Gasteiger partial charge in [-0.25, -0.2) is 4.79 Å². The van der Waals surface area contributed by atoms with Gasteiger partial charge in [-0.2, -0.15) is 13.2 Å². The zero-order chi connectivity index (χ0) is 15.3. The van der Waals surface area contributed by atoms with Crippen LogP contribution in [-0.4, -0.2) is 24.8 Å². The first kappa shape index (κ1) is 16.1. The molecule has 0 unspecified atom stereocenters. The third kappa shape index (κ3) is 5.22. The van der Waals surface area contributed by atoms with Crippen molar-refractivity contribution in [2.45, 2.75) is 44.3 Å². The Morgan fingerprint density at radius 3 is 2.57 bits per heavy atom. The molecule has 7 heteroatoms. The lowest BCUT2D eigenvalue weighted by molar-refractivity contribution is -0.182. The lowest BCUT2D eigenvalue weighted by Crippen LogP contribution is -2.45. The minimum Gasteiger partial charge on any atom is -0.338 e. The summed E-state index contributed by atoms with van der Waals surface area (Å²) in [6.45, 7) is 0.532. The monoisotopic (exact) mass is 320 g/mol. The molecule has 1 aromatic rings. The molecule has 1 saturated carbocycles. The number of rotatable bonds is 4. The van der Waals surface area contributed by atoms with E-state index in [2.05, 4.69) is 10.6 Å². The molecule has 0 saturated heterocycles. The standard InChI is InChI=1S/C14H19F3N2OS/c15-14(16,17)10-3-5-11(6-4-10)19-13(20)18-8-7-12-2-1-9-21-12/h1-2,9-11H,3-8H2,(H2,18,19,20). The van der Waals surface area contributed by atoms with E-state index in [0.29, 0.717) is 19.4 Å². The third-order valence-electron chi connectivity index (χ3n) is 3.76. The largest absolute Gasteiger partial charge is 0.391 e. The molecule has 0 aliphatic heterocycles. The van der Waals surface area contributed by atoms with Crippen molar-refractivity contribution in [3.05, 3.63) is 22.4 Å². The van der Waals surface area contributed by atoms with E-state index >= 15 is 0 Å². The number of amides is 2. The van der Waals surface area contributed by atoms with E-state index in [1.54, 1.807) is 11.3 Å². The highest BCUT2D eigenvalue weighted by molar-refractivity contribution is 7.09. The van der Waals surface area contributed by atoms with Crippen LogP contribution in [0.1, 0.15) is 30.6 Å². The minimum atomic E-state index is -4.10. The van der Waals surface area contributed by atoms with Crippen molar-refractivity contribution in [1.29, 1.82) is 0 Å². The molecule has 2 amide bonds. The van der Waals surface area contributed by atoms with Crippen molar-refractivity contribution < 1.29 is 18.0 Å². The Hall–Kier alpha value is -1.24. The second-order valence-electron chi connectivity index (χ2n) is 5.32. The van der Waals surface area contributed by atoms with Crippen LogP contribution in [0.4, 0.5) is 18.0 Å². The molecule has 2 N–H and O–H groups in total. The van der Waals surface area contributed by atoms with Crippen LogP contribution >= 0.6 is 11.3 Å². The van der Waals surface area contributed by atoms with E-state index in [4.69, 9.17) is 0 Å². The zero-order valence-corrected chi connectivity index (χ0v) is 12.4. The molecule has 1 heterocycles. The average Bonchev–Trinajstić information content (AvgIpc) is 2.91. The maximum Gasteiger partial charge on any atom is 0.391 e. The lowest BCUT2D eigenvalue weighted by atomic mass is 9.86. The van der Waals surface area contributed by atoms with Gasteiger partial charge in [0.1, 0.15) is 0 Å². The van der Waals surface area contributed by atoms with E-state index in [0.717, 1.165) is 6.42 Å². The lowest BCUT2D eigenvalue weighted by Gasteiger charge is -2.30. The minimum absolute atomic E-state index is 0.101. The van der Waals surface area contributed by atoms with Crippen LogP contribution in [0.2, 0.25) is 0 Å². The molecule has 0 radical (unpaired) electrons. The van der Waals surface area contributed by atoms with Crippen molar-refractivity contribution in [2.24, 2.45) is 5.92 Å². The average molecular weight is 320 g/mol. The number of carbonyl (C=O) groups excluding carboxylic acids is 1. The number of hydrogen-bond donors (Lipinski definition) is 2. The van der Waals surface area contributed by atoms with Crippen LogP contribution in [-0.2, 0) is 6.42 Å². The Morgan fingerprint density at radius 1 is 1.29 bits per heavy atom. The molecule has 1 fully saturated rings. The van der Waals surface area contributed by atoms with Gasteiger partial charge >= 0.3 is 12.2 Å². The van der Waals surface area contributed by atoms with Gasteiger partial charge in [-0.05, 0) is 43.6 Å².